The van der Waals surface area contributed by atoms with Crippen molar-refractivity contribution in [3.63, 3.8) is 0 Å². The van der Waals surface area contributed by atoms with Crippen LogP contribution in [-0.2, 0) is 11.2 Å². The van der Waals surface area contributed by atoms with Gasteiger partial charge in [-0.3, -0.25) is 4.79 Å². The minimum Gasteiger partial charge on any atom is -0.481 e. The van der Waals surface area contributed by atoms with Crippen molar-refractivity contribution in [1.29, 1.82) is 0 Å². The van der Waals surface area contributed by atoms with E-state index in [0.717, 1.165) is 55.7 Å². The monoisotopic (exact) mass is 358 g/mol. The Hall–Kier alpha value is -1.69. The van der Waals surface area contributed by atoms with Gasteiger partial charge in [0.25, 0.3) is 0 Å². The lowest BCUT2D eigenvalue weighted by atomic mass is 9.81. The fourth-order valence-corrected chi connectivity index (χ4v) is 4.98. The van der Waals surface area contributed by atoms with E-state index in [0.29, 0.717) is 13.1 Å². The number of carboxylic acid groups (broad SMARTS) is 1. The molecule has 3 aliphatic rings. The first kappa shape index (κ1) is 17.7. The molecule has 26 heavy (non-hydrogen) atoms. The zero-order valence-electron chi connectivity index (χ0n) is 15.9. The fraction of sp³-hybridized carbons (Fsp3) is 0.750. The SMILES string of the molecule is CCCc1cc(N2C[C@H]3CN(CC4CCC4)C[C@@]3(C(=O)O)C2)nc(C)n1. The topological polar surface area (TPSA) is 69.6 Å². The van der Waals surface area contributed by atoms with Crippen LogP contribution >= 0.6 is 0 Å². The number of fused-ring (bicyclic) bond motifs is 1. The number of rotatable bonds is 6. The Kier molecular flexibility index (Phi) is 4.63. The van der Waals surface area contributed by atoms with E-state index in [1.165, 1.54) is 19.3 Å². The minimum absolute atomic E-state index is 0.185. The lowest BCUT2D eigenvalue weighted by Gasteiger charge is -2.32. The molecule has 2 atom stereocenters. The second kappa shape index (κ2) is 6.80. The van der Waals surface area contributed by atoms with Gasteiger partial charge in [0.05, 0.1) is 0 Å². The zero-order valence-corrected chi connectivity index (χ0v) is 15.9. The molecule has 1 N–H and O–H groups in total. The molecule has 1 saturated carbocycles. The third kappa shape index (κ3) is 3.08. The number of likely N-dealkylation sites (tertiary alicyclic amines) is 1. The smallest absolute Gasteiger partial charge is 0.313 e. The third-order valence-electron chi connectivity index (χ3n) is 6.55. The van der Waals surface area contributed by atoms with Crippen molar-refractivity contribution >= 4 is 11.8 Å². The van der Waals surface area contributed by atoms with Gasteiger partial charge in [-0.25, -0.2) is 9.97 Å². The van der Waals surface area contributed by atoms with E-state index < -0.39 is 11.4 Å². The molecular formula is C20H30N4O2. The summed E-state index contributed by atoms with van der Waals surface area (Å²) in [7, 11) is 0. The Morgan fingerprint density at radius 3 is 2.73 bits per heavy atom. The Balaban J connectivity index is 1.52. The van der Waals surface area contributed by atoms with Gasteiger partial charge in [0.15, 0.2) is 0 Å². The lowest BCUT2D eigenvalue weighted by molar-refractivity contribution is -0.148. The van der Waals surface area contributed by atoms with Crippen molar-refractivity contribution < 1.29 is 9.90 Å². The van der Waals surface area contributed by atoms with Crippen LogP contribution in [0.25, 0.3) is 0 Å². The van der Waals surface area contributed by atoms with Gasteiger partial charge in [-0.1, -0.05) is 19.8 Å². The molecule has 0 amide bonds. The van der Waals surface area contributed by atoms with Crippen molar-refractivity contribution in [2.24, 2.45) is 17.3 Å². The van der Waals surface area contributed by atoms with E-state index >= 15 is 0 Å². The predicted octanol–water partition coefficient (Wildman–Crippen LogP) is 2.36. The number of aromatic nitrogens is 2. The number of hydrogen-bond donors (Lipinski definition) is 1. The summed E-state index contributed by atoms with van der Waals surface area (Å²) in [6.45, 7) is 8.10. The number of hydrogen-bond acceptors (Lipinski definition) is 5. The zero-order chi connectivity index (χ0) is 18.3. The number of carboxylic acids is 1. The highest BCUT2D eigenvalue weighted by Crippen LogP contribution is 2.45. The molecule has 2 saturated heterocycles. The molecule has 1 aromatic heterocycles. The van der Waals surface area contributed by atoms with Crippen LogP contribution < -0.4 is 4.90 Å². The normalized spacial score (nSPS) is 29.0. The Morgan fingerprint density at radius 2 is 2.12 bits per heavy atom. The van der Waals surface area contributed by atoms with Gasteiger partial charge >= 0.3 is 5.97 Å². The van der Waals surface area contributed by atoms with Crippen molar-refractivity contribution in [2.45, 2.75) is 46.0 Å². The lowest BCUT2D eigenvalue weighted by Crippen LogP contribution is -2.42. The summed E-state index contributed by atoms with van der Waals surface area (Å²) in [4.78, 5) is 26.0. The summed E-state index contributed by atoms with van der Waals surface area (Å²) in [5.41, 5.74) is 0.413. The molecule has 0 unspecified atom stereocenters. The van der Waals surface area contributed by atoms with E-state index in [4.69, 9.17) is 0 Å². The van der Waals surface area contributed by atoms with Gasteiger partial charge in [0, 0.05) is 50.4 Å². The average molecular weight is 358 g/mol. The van der Waals surface area contributed by atoms with E-state index in [9.17, 15) is 9.90 Å². The molecule has 3 fully saturated rings. The summed E-state index contributed by atoms with van der Waals surface area (Å²) >= 11 is 0. The van der Waals surface area contributed by atoms with Gasteiger partial charge in [0.2, 0.25) is 0 Å². The number of aryl methyl sites for hydroxylation is 2. The quantitative estimate of drug-likeness (QED) is 0.842. The maximum atomic E-state index is 12.2. The Bertz CT molecular complexity index is 690. The van der Waals surface area contributed by atoms with E-state index in [1.54, 1.807) is 0 Å². The van der Waals surface area contributed by atoms with Gasteiger partial charge in [0.1, 0.15) is 17.1 Å². The predicted molar refractivity (Wildman–Crippen MR) is 100 cm³/mol. The first-order valence-electron chi connectivity index (χ1n) is 10.1. The van der Waals surface area contributed by atoms with Crippen LogP contribution in [0.3, 0.4) is 0 Å². The number of aliphatic carboxylic acids is 1. The minimum atomic E-state index is -0.645. The van der Waals surface area contributed by atoms with E-state index in [1.807, 2.05) is 6.92 Å². The standard InChI is InChI=1S/C20H30N4O2/c1-3-5-17-8-18(22-14(2)21-17)24-11-16-10-23(9-15-6-4-7-15)12-20(16,13-24)19(25)26/h8,15-16H,3-7,9-13H2,1-2H3,(H,25,26)/t16-,20-/m1/s1. The summed E-state index contributed by atoms with van der Waals surface area (Å²) in [5.74, 6) is 2.02. The Labute approximate surface area is 155 Å². The molecule has 3 heterocycles. The van der Waals surface area contributed by atoms with Gasteiger partial charge in [-0.2, -0.15) is 0 Å². The van der Waals surface area contributed by atoms with Crippen LogP contribution in [-0.4, -0.2) is 58.7 Å². The first-order valence-corrected chi connectivity index (χ1v) is 10.1. The first-order chi connectivity index (χ1) is 12.5. The van der Waals surface area contributed by atoms with Gasteiger partial charge in [-0.05, 0) is 32.1 Å². The highest BCUT2D eigenvalue weighted by Gasteiger charge is 2.58. The van der Waals surface area contributed by atoms with Crippen LogP contribution in [0.4, 0.5) is 5.82 Å². The Morgan fingerprint density at radius 1 is 1.31 bits per heavy atom. The molecule has 6 heteroatoms. The van der Waals surface area contributed by atoms with Crippen molar-refractivity contribution in [2.75, 3.05) is 37.6 Å². The highest BCUT2D eigenvalue weighted by molar-refractivity contribution is 5.78. The molecule has 0 spiro atoms. The fourth-order valence-electron chi connectivity index (χ4n) is 4.98. The molecule has 6 nitrogen and oxygen atoms in total. The molecule has 2 aliphatic heterocycles. The van der Waals surface area contributed by atoms with Crippen LogP contribution in [0.5, 0.6) is 0 Å². The molecular weight excluding hydrogens is 328 g/mol. The molecule has 4 rings (SSSR count). The van der Waals surface area contributed by atoms with E-state index in [-0.39, 0.29) is 5.92 Å². The van der Waals surface area contributed by atoms with Crippen LogP contribution in [0.15, 0.2) is 6.07 Å². The second-order valence-corrected chi connectivity index (χ2v) is 8.54. The van der Waals surface area contributed by atoms with Crippen molar-refractivity contribution in [1.82, 2.24) is 14.9 Å². The summed E-state index contributed by atoms with van der Waals surface area (Å²) in [6, 6.07) is 2.05. The van der Waals surface area contributed by atoms with Crippen LogP contribution in [0.1, 0.15) is 44.1 Å². The summed E-state index contributed by atoms with van der Waals surface area (Å²) < 4.78 is 0. The van der Waals surface area contributed by atoms with Crippen LogP contribution in [0, 0.1) is 24.2 Å². The molecule has 0 bridgehead atoms. The molecule has 0 aromatic carbocycles. The number of anilines is 1. The molecule has 0 radical (unpaired) electrons. The third-order valence-corrected chi connectivity index (χ3v) is 6.55. The maximum absolute atomic E-state index is 12.2. The summed E-state index contributed by atoms with van der Waals surface area (Å²) in [6.07, 6.45) is 5.95. The van der Waals surface area contributed by atoms with Crippen LogP contribution in [0.2, 0.25) is 0 Å². The summed E-state index contributed by atoms with van der Waals surface area (Å²) in [5, 5.41) is 10.1. The van der Waals surface area contributed by atoms with Gasteiger partial charge < -0.3 is 14.9 Å². The molecule has 1 aliphatic carbocycles. The number of carbonyl (C=O) groups is 1. The largest absolute Gasteiger partial charge is 0.481 e. The average Bonchev–Trinajstić information content (AvgIpc) is 3.05. The maximum Gasteiger partial charge on any atom is 0.313 e. The van der Waals surface area contributed by atoms with Gasteiger partial charge in [-0.15, -0.1) is 0 Å². The molecule has 1 aromatic rings. The van der Waals surface area contributed by atoms with E-state index in [2.05, 4.69) is 32.8 Å². The highest BCUT2D eigenvalue weighted by atomic mass is 16.4. The number of nitrogens with zero attached hydrogens (tertiary/aromatic N) is 4. The molecule has 142 valence electrons. The van der Waals surface area contributed by atoms with Crippen molar-refractivity contribution in [3.05, 3.63) is 17.6 Å². The van der Waals surface area contributed by atoms with Crippen molar-refractivity contribution in [3.8, 4) is 0 Å². The second-order valence-electron chi connectivity index (χ2n) is 8.54.